The number of para-hydroxylation sites is 2. The number of rotatable bonds is 14. The Morgan fingerprint density at radius 3 is 1.48 bits per heavy atom. The number of aromatic nitrogens is 2. The largest absolute Gasteiger partial charge is 0.495 e. The number of aliphatic hydroxyl groups is 1. The van der Waals surface area contributed by atoms with E-state index in [9.17, 15) is 24.3 Å². The fraction of sp³-hybridized carbons (Fsp3) is 0.600. The van der Waals surface area contributed by atoms with E-state index >= 15 is 4.39 Å². The second kappa shape index (κ2) is 17.2. The lowest BCUT2D eigenvalue weighted by molar-refractivity contribution is -0.139. The zero-order valence-electron chi connectivity index (χ0n) is 37.6. The number of methoxy groups -OCH3 is 2. The first-order valence-corrected chi connectivity index (χ1v) is 23.3. The second-order valence-corrected chi connectivity index (χ2v) is 20.0. The van der Waals surface area contributed by atoms with E-state index in [-0.39, 0.29) is 27.9 Å². The monoisotopic (exact) mass is 882 g/mol. The summed E-state index contributed by atoms with van der Waals surface area (Å²) in [5.74, 6) is 1.95. The van der Waals surface area contributed by atoms with Crippen LogP contribution in [0.4, 0.5) is 4.39 Å². The van der Waals surface area contributed by atoms with Crippen molar-refractivity contribution in [2.45, 2.75) is 126 Å². The average Bonchev–Trinajstić information content (AvgIpc) is 3.23. The molecule has 344 valence electrons. The predicted molar refractivity (Wildman–Crippen MR) is 241 cm³/mol. The summed E-state index contributed by atoms with van der Waals surface area (Å²) in [5, 5.41) is 18.3. The molecule has 0 radical (unpaired) electrons. The van der Waals surface area contributed by atoms with Crippen LogP contribution in [0.1, 0.15) is 112 Å². The maximum Gasteiger partial charge on any atom is 0.257 e. The summed E-state index contributed by atoms with van der Waals surface area (Å²) in [4.78, 5) is 53.6. The Morgan fingerprint density at radius 1 is 0.672 bits per heavy atom. The first-order chi connectivity index (χ1) is 30.7. The number of nitrogens with one attached hydrogen (secondary N) is 2. The Labute approximate surface area is 373 Å². The number of hydrogen-bond donors (Lipinski definition) is 3. The number of pyridine rings is 2. The van der Waals surface area contributed by atoms with Gasteiger partial charge in [-0.15, -0.1) is 0 Å². The fourth-order valence-electron chi connectivity index (χ4n) is 13.7. The van der Waals surface area contributed by atoms with Crippen molar-refractivity contribution in [3.63, 3.8) is 0 Å². The van der Waals surface area contributed by atoms with Crippen molar-refractivity contribution in [3.05, 3.63) is 80.4 Å². The van der Waals surface area contributed by atoms with E-state index < -0.39 is 28.3 Å². The molecule has 2 aromatic heterocycles. The standard InChI is InChI=1S/C25H31FN2O4.C25H32N2O5/c1-3-32-8-7-28-14-19(22(29)18-5-4-6-20(31-2)21(18)28)23(30)27-25-12-16-9-17(13-25)11-24(26,10-16)15-25;1-3-32-8-7-27-14-19(22(28)18-5-4-6-20(31-2)21(18)27)23(29)26-24-10-16-9-17(11-24)13-25(30,12-16)15-24/h4-6,14,16-17H,3,7-13,15H2,1-2H3,(H,27,30);4-6,14,16-17,30H,3,7-13,15H2,1-2H3,(H,26,29). The highest BCUT2D eigenvalue weighted by Crippen LogP contribution is 2.59. The third kappa shape index (κ3) is 8.34. The Hall–Kier alpha value is -4.79. The minimum Gasteiger partial charge on any atom is -0.495 e. The quantitative estimate of drug-likeness (QED) is 0.117. The molecule has 2 aromatic carbocycles. The molecule has 0 saturated heterocycles. The number of benzene rings is 2. The van der Waals surface area contributed by atoms with Crippen molar-refractivity contribution in [2.75, 3.05) is 40.6 Å². The number of carbonyl (C=O) groups excluding carboxylic acids is 2. The zero-order chi connectivity index (χ0) is 45.0. The predicted octanol–water partition coefficient (Wildman–Crippen LogP) is 6.70. The van der Waals surface area contributed by atoms with Crippen LogP contribution in [0.3, 0.4) is 0 Å². The third-order valence-electron chi connectivity index (χ3n) is 15.2. The van der Waals surface area contributed by atoms with Gasteiger partial charge in [0.25, 0.3) is 11.8 Å². The third-order valence-corrected chi connectivity index (χ3v) is 15.2. The maximum absolute atomic E-state index is 15.3. The summed E-state index contributed by atoms with van der Waals surface area (Å²) in [5.41, 5.74) is -1.90. The molecule has 8 aliphatic rings. The Kier molecular flexibility index (Phi) is 11.9. The molecular weight excluding hydrogens is 820 g/mol. The molecule has 8 fully saturated rings. The van der Waals surface area contributed by atoms with Gasteiger partial charge in [0, 0.05) is 56.2 Å². The van der Waals surface area contributed by atoms with Gasteiger partial charge in [-0.3, -0.25) is 19.2 Å². The Balaban J connectivity index is 0.000000162. The molecule has 4 aromatic rings. The zero-order valence-corrected chi connectivity index (χ0v) is 37.6. The Bertz CT molecular complexity index is 2370. The molecule has 4 atom stereocenters. The highest BCUT2D eigenvalue weighted by Gasteiger charge is 2.59. The molecule has 2 amide bonds. The van der Waals surface area contributed by atoms with Crippen LogP contribution in [0.15, 0.2) is 58.4 Å². The number of halogens is 1. The summed E-state index contributed by atoms with van der Waals surface area (Å²) in [6.45, 7) is 6.93. The van der Waals surface area contributed by atoms with Crippen molar-refractivity contribution in [2.24, 2.45) is 23.7 Å². The van der Waals surface area contributed by atoms with Crippen LogP contribution in [0.5, 0.6) is 11.5 Å². The van der Waals surface area contributed by atoms with Gasteiger partial charge in [-0.05, 0) is 132 Å². The van der Waals surface area contributed by atoms with Gasteiger partial charge in [0.05, 0.1) is 54.8 Å². The highest BCUT2D eigenvalue weighted by atomic mass is 19.1. The topological polar surface area (TPSA) is 159 Å². The summed E-state index contributed by atoms with van der Waals surface area (Å²) < 4.78 is 41.1. The van der Waals surface area contributed by atoms with E-state index in [4.69, 9.17) is 18.9 Å². The number of nitrogens with zero attached hydrogens (tertiary/aromatic N) is 2. The Morgan fingerprint density at radius 2 is 1.09 bits per heavy atom. The number of carbonyl (C=O) groups is 2. The van der Waals surface area contributed by atoms with Gasteiger partial charge in [-0.2, -0.15) is 0 Å². The lowest BCUT2D eigenvalue weighted by Gasteiger charge is -2.60. The van der Waals surface area contributed by atoms with Crippen molar-refractivity contribution >= 4 is 33.6 Å². The van der Waals surface area contributed by atoms with Crippen LogP contribution >= 0.6 is 0 Å². The van der Waals surface area contributed by atoms with Gasteiger partial charge in [-0.1, -0.05) is 12.1 Å². The first-order valence-electron chi connectivity index (χ1n) is 23.3. The number of fused-ring (bicyclic) bond motifs is 2. The average molecular weight is 883 g/mol. The van der Waals surface area contributed by atoms with Crippen LogP contribution in [0.25, 0.3) is 21.8 Å². The molecule has 8 aliphatic carbocycles. The maximum atomic E-state index is 15.3. The SMILES string of the molecule is CCOCCn1cc(C(=O)NC23CC4CC(CC(F)(C4)C2)C3)c(=O)c2cccc(OC)c21.CCOCCn1cc(C(=O)NC23CC4CC(CC(O)(C4)C2)C3)c(=O)c2cccc(OC)c21. The second-order valence-electron chi connectivity index (χ2n) is 20.0. The number of ether oxygens (including phenoxy) is 4. The number of hydrogen-bond acceptors (Lipinski definition) is 9. The van der Waals surface area contributed by atoms with Crippen molar-refractivity contribution in [1.82, 2.24) is 19.8 Å². The minimum atomic E-state index is -1.17. The van der Waals surface area contributed by atoms with Gasteiger partial charge in [0.2, 0.25) is 10.9 Å². The normalized spacial score (nSPS) is 30.6. The van der Waals surface area contributed by atoms with E-state index in [0.29, 0.717) is 122 Å². The lowest BCUT2D eigenvalue weighted by Crippen LogP contribution is -2.65. The van der Waals surface area contributed by atoms with Crippen LogP contribution < -0.4 is 31.0 Å². The molecule has 2 heterocycles. The van der Waals surface area contributed by atoms with E-state index in [1.165, 1.54) is 0 Å². The molecule has 64 heavy (non-hydrogen) atoms. The molecule has 0 spiro atoms. The summed E-state index contributed by atoms with van der Waals surface area (Å²) >= 11 is 0. The van der Waals surface area contributed by atoms with E-state index in [2.05, 4.69) is 10.6 Å². The van der Waals surface area contributed by atoms with Crippen molar-refractivity contribution < 1.29 is 38.0 Å². The lowest BCUT2D eigenvalue weighted by atomic mass is 9.51. The van der Waals surface area contributed by atoms with Crippen LogP contribution in [-0.4, -0.2) is 89.0 Å². The summed E-state index contributed by atoms with van der Waals surface area (Å²) in [6.07, 6.45) is 12.7. The minimum absolute atomic E-state index is 0.0888. The van der Waals surface area contributed by atoms with Crippen LogP contribution in [0.2, 0.25) is 0 Å². The molecule has 8 saturated carbocycles. The molecule has 0 aliphatic heterocycles. The number of amides is 2. The van der Waals surface area contributed by atoms with Gasteiger partial charge >= 0.3 is 0 Å². The van der Waals surface area contributed by atoms with E-state index in [1.54, 1.807) is 56.9 Å². The van der Waals surface area contributed by atoms with E-state index in [0.717, 1.165) is 51.4 Å². The van der Waals surface area contributed by atoms with Crippen molar-refractivity contribution in [3.8, 4) is 11.5 Å². The van der Waals surface area contributed by atoms with Crippen molar-refractivity contribution in [1.29, 1.82) is 0 Å². The van der Waals surface area contributed by atoms with Gasteiger partial charge in [-0.25, -0.2) is 4.39 Å². The number of alkyl halides is 1. The van der Waals surface area contributed by atoms with E-state index in [1.807, 2.05) is 29.0 Å². The molecule has 3 N–H and O–H groups in total. The molecule has 13 nitrogen and oxygen atoms in total. The van der Waals surface area contributed by atoms with Crippen LogP contribution in [-0.2, 0) is 22.6 Å². The van der Waals surface area contributed by atoms with Gasteiger partial charge < -0.3 is 43.8 Å². The van der Waals surface area contributed by atoms with Gasteiger partial charge in [0.15, 0.2) is 0 Å². The molecular formula is C50H63FN4O9. The van der Waals surface area contributed by atoms with Gasteiger partial charge in [0.1, 0.15) is 28.3 Å². The fourth-order valence-corrected chi connectivity index (χ4v) is 13.7. The summed E-state index contributed by atoms with van der Waals surface area (Å²) in [6, 6.07) is 10.6. The smallest absolute Gasteiger partial charge is 0.257 e. The molecule has 14 heteroatoms. The molecule has 8 bridgehead atoms. The highest BCUT2D eigenvalue weighted by molar-refractivity contribution is 5.99. The molecule has 4 unspecified atom stereocenters. The van der Waals surface area contributed by atoms with Crippen LogP contribution in [0, 0.1) is 23.7 Å². The first kappa shape index (κ1) is 44.4. The summed E-state index contributed by atoms with van der Waals surface area (Å²) in [7, 11) is 3.14. The molecule has 12 rings (SSSR count).